The van der Waals surface area contributed by atoms with Gasteiger partial charge in [-0.25, -0.2) is 0 Å². The van der Waals surface area contributed by atoms with Gasteiger partial charge in [0.2, 0.25) is 0 Å². The second kappa shape index (κ2) is 27.2. The number of halogens is 6. The van der Waals surface area contributed by atoms with Crippen LogP contribution in [0.3, 0.4) is 0 Å². The molecular weight excluding hydrogens is 880 g/mol. The molecule has 0 aliphatic carbocycles. The number of benzene rings is 4. The molecule has 0 aromatic heterocycles. The zero-order chi connectivity index (χ0) is 36.3. The number of carbonyl (C=O) groups excluding carboxylic acids is 2. The number of carbonyl (C=O) groups is 2. The summed E-state index contributed by atoms with van der Waals surface area (Å²) in [4.78, 5) is 26.1. The van der Waals surface area contributed by atoms with Crippen LogP contribution >= 0.6 is 0 Å². The van der Waals surface area contributed by atoms with E-state index in [-0.39, 0.29) is 49.9 Å². The van der Waals surface area contributed by atoms with Gasteiger partial charge in [0.05, 0.1) is 0 Å². The van der Waals surface area contributed by atoms with Crippen LogP contribution in [0, 0.1) is 27.7 Å². The maximum Gasteiger partial charge on any atom is 2.00 e. The second-order valence-corrected chi connectivity index (χ2v) is 9.66. The van der Waals surface area contributed by atoms with Crippen molar-refractivity contribution in [2.75, 3.05) is 0 Å². The predicted octanol–water partition coefficient (Wildman–Crippen LogP) is 6.28. The molecule has 18 heteroatoms. The molecule has 0 amide bonds. The first-order valence-corrected chi connectivity index (χ1v) is 13.7. The molecule has 0 fully saturated rings. The van der Waals surface area contributed by atoms with Crippen LogP contribution in [0.4, 0.5) is 49.1 Å². The summed E-state index contributed by atoms with van der Waals surface area (Å²) in [5.41, 5.74) is 8.63. The summed E-state index contributed by atoms with van der Waals surface area (Å²) in [6.07, 6.45) is -7.20. The fourth-order valence-corrected chi connectivity index (χ4v) is 2.85. The van der Waals surface area contributed by atoms with E-state index in [0.717, 1.165) is 22.7 Å². The number of alkyl halides is 6. The zero-order valence-electron chi connectivity index (χ0n) is 27.7. The van der Waals surface area contributed by atoms with Crippen molar-refractivity contribution in [1.82, 2.24) is 0 Å². The number of aryl methyl sites for hydroxylation is 4. The Balaban J connectivity index is -0.000000311. The monoisotopic (exact) mass is 914 g/mol. The van der Waals surface area contributed by atoms with E-state index in [1.807, 2.05) is 97.1 Å². The van der Waals surface area contributed by atoms with Crippen molar-refractivity contribution >= 4 is 47.4 Å². The Morgan fingerprint density at radius 3 is 0.885 bits per heavy atom. The number of aliphatic imine (C=N–C) groups is 2. The summed E-state index contributed by atoms with van der Waals surface area (Å²) >= 11 is 0. The molecule has 286 valence electrons. The standard InChI is InChI=1S/2C15H15N2.2C2HF3O2.2H2O.2Rh/c2*1-12-3-7-14(8-4-12)16-11-17-15-9-5-13(2)6-10-15;2*3-2(4,5)1(6)7;;;;/h2*3-11H,1-2H3;2*(H,6,7);2*1H2;;/q2*-1;;;;;2*+2/p-2. The molecule has 0 saturated heterocycles. The number of rotatable bonds is 6. The van der Waals surface area contributed by atoms with Crippen molar-refractivity contribution in [3.05, 3.63) is 130 Å². The molecule has 52 heavy (non-hydrogen) atoms. The third-order valence-corrected chi connectivity index (χ3v) is 5.43. The third-order valence-electron chi connectivity index (χ3n) is 5.43. The number of nitrogens with zero attached hydrogens (tertiary/aromatic N) is 4. The molecule has 0 atom stereocenters. The van der Waals surface area contributed by atoms with Gasteiger partial charge in [-0.05, 0) is 50.4 Å². The predicted molar refractivity (Wildman–Crippen MR) is 176 cm³/mol. The van der Waals surface area contributed by atoms with Crippen LogP contribution < -0.4 is 10.2 Å². The van der Waals surface area contributed by atoms with Gasteiger partial charge in [0, 0.05) is 0 Å². The Morgan fingerprint density at radius 1 is 0.500 bits per heavy atom. The Morgan fingerprint density at radius 2 is 0.692 bits per heavy atom. The minimum atomic E-state index is -5.19. The molecule has 10 nitrogen and oxygen atoms in total. The quantitative estimate of drug-likeness (QED) is 0.0951. The number of hydrogen-bond acceptors (Lipinski definition) is 6. The number of hydrogen-bond donors (Lipinski definition) is 0. The average molecular weight is 914 g/mol. The molecule has 2 radical (unpaired) electrons. The van der Waals surface area contributed by atoms with E-state index in [9.17, 15) is 26.3 Å². The van der Waals surface area contributed by atoms with Crippen LogP contribution in [0.5, 0.6) is 0 Å². The van der Waals surface area contributed by atoms with Gasteiger partial charge >= 0.3 is 51.3 Å². The molecule has 4 aromatic carbocycles. The van der Waals surface area contributed by atoms with E-state index in [1.165, 1.54) is 22.3 Å². The smallest absolute Gasteiger partial charge is 0.542 e. The van der Waals surface area contributed by atoms with E-state index in [2.05, 4.69) is 48.3 Å². The Bertz CT molecular complexity index is 1500. The molecule has 0 saturated carbocycles. The maximum absolute atomic E-state index is 10.5. The van der Waals surface area contributed by atoms with Gasteiger partial charge in [-0.3, -0.25) is 0 Å². The average Bonchev–Trinajstić information content (AvgIpc) is 3.01. The van der Waals surface area contributed by atoms with Crippen LogP contribution in [0.25, 0.3) is 10.6 Å². The fourth-order valence-electron chi connectivity index (χ4n) is 2.85. The van der Waals surface area contributed by atoms with E-state index in [0.29, 0.717) is 0 Å². The summed E-state index contributed by atoms with van der Waals surface area (Å²) < 4.78 is 63.1. The molecule has 4 N–H and O–H groups in total. The summed E-state index contributed by atoms with van der Waals surface area (Å²) in [5.74, 6) is -6.01. The van der Waals surface area contributed by atoms with Crippen LogP contribution in [0.15, 0.2) is 107 Å². The van der Waals surface area contributed by atoms with Crippen LogP contribution in [0.2, 0.25) is 0 Å². The van der Waals surface area contributed by atoms with Crippen molar-refractivity contribution in [2.45, 2.75) is 40.0 Å². The summed E-state index contributed by atoms with van der Waals surface area (Å²) in [6, 6.07) is 32.2. The molecule has 4 rings (SSSR count). The van der Waals surface area contributed by atoms with Crippen molar-refractivity contribution in [2.24, 2.45) is 9.98 Å². The molecule has 0 aliphatic rings. The fraction of sp³-hybridized carbons (Fsp3) is 0.176. The number of carboxylic acid groups (broad SMARTS) is 2. The summed E-state index contributed by atoms with van der Waals surface area (Å²) in [6.45, 7) is 8.24. The first-order chi connectivity index (χ1) is 22.4. The van der Waals surface area contributed by atoms with Crippen molar-refractivity contribution < 1.29 is 96.1 Å². The third kappa shape index (κ3) is 25.5. The SMILES string of the molecule is Cc1ccc(N=C[N-]c2ccc(C)cc2)cc1.Cc1ccc(N=C[N-]c2ccc(C)cc2)cc1.O.O.O=C([O-])C(F)(F)F.O=C([O-])C(F)(F)F.[Rh+2].[Rh+2]. The second-order valence-electron chi connectivity index (χ2n) is 9.66. The van der Waals surface area contributed by atoms with Crippen molar-refractivity contribution in [3.8, 4) is 0 Å². The van der Waals surface area contributed by atoms with E-state index < -0.39 is 24.3 Å². The molecule has 0 unspecified atom stereocenters. The van der Waals surface area contributed by atoms with Crippen LogP contribution in [-0.2, 0) is 48.5 Å². The van der Waals surface area contributed by atoms with Gasteiger partial charge in [-0.2, -0.15) is 26.3 Å². The molecule has 0 bridgehead atoms. The molecular formula is C34H34F6N4O6Rh2. The summed E-state index contributed by atoms with van der Waals surface area (Å²) in [5, 5.41) is 26.1. The van der Waals surface area contributed by atoms with E-state index in [1.54, 1.807) is 12.7 Å². The topological polar surface area (TPSA) is 196 Å². The van der Waals surface area contributed by atoms with E-state index >= 15 is 0 Å². The Hall–Kier alpha value is -4.49. The number of carboxylic acids is 2. The normalized spacial score (nSPS) is 10.0. The largest absolute Gasteiger partial charge is 2.00 e. The van der Waals surface area contributed by atoms with Gasteiger partial charge in [0.1, 0.15) is 11.9 Å². The minimum Gasteiger partial charge on any atom is -0.542 e. The minimum absolute atomic E-state index is 0. The van der Waals surface area contributed by atoms with Gasteiger partial charge in [-0.1, -0.05) is 132 Å². The zero-order valence-corrected chi connectivity index (χ0v) is 31.0. The van der Waals surface area contributed by atoms with Crippen molar-refractivity contribution in [1.29, 1.82) is 0 Å². The molecule has 0 spiro atoms. The van der Waals surface area contributed by atoms with Crippen molar-refractivity contribution in [3.63, 3.8) is 0 Å². The maximum atomic E-state index is 10.5. The van der Waals surface area contributed by atoms with E-state index in [4.69, 9.17) is 19.8 Å². The Labute approximate surface area is 322 Å². The van der Waals surface area contributed by atoms with Crippen LogP contribution in [0.1, 0.15) is 22.3 Å². The summed E-state index contributed by atoms with van der Waals surface area (Å²) in [7, 11) is 0. The van der Waals surface area contributed by atoms with Gasteiger partial charge in [0.25, 0.3) is 0 Å². The van der Waals surface area contributed by atoms with Crippen LogP contribution in [-0.4, -0.2) is 47.9 Å². The van der Waals surface area contributed by atoms with Gasteiger partial charge < -0.3 is 51.4 Å². The first-order valence-electron chi connectivity index (χ1n) is 13.7. The first kappa shape index (κ1) is 54.3. The van der Waals surface area contributed by atoms with Gasteiger partial charge in [0.15, 0.2) is 0 Å². The number of aliphatic carboxylic acids is 2. The molecule has 4 aromatic rings. The Kier molecular flexibility index (Phi) is 28.4. The molecule has 0 heterocycles. The van der Waals surface area contributed by atoms with Gasteiger partial charge in [-0.15, -0.1) is 0 Å². The molecule has 0 aliphatic heterocycles.